The molecule has 0 fully saturated rings. The smallest absolute Gasteiger partial charge is 0.247 e. The summed E-state index contributed by atoms with van der Waals surface area (Å²) in [5.74, 6) is 1.04. The fraction of sp³-hybridized carbons (Fsp3) is 0. The molecule has 0 N–H and O–H groups in total. The lowest BCUT2D eigenvalue weighted by molar-refractivity contribution is 0.608. The fourth-order valence-corrected chi connectivity index (χ4v) is 9.12. The minimum absolute atomic E-state index is 0.458. The summed E-state index contributed by atoms with van der Waals surface area (Å²) in [7, 11) is 0. The lowest BCUT2D eigenvalue weighted by Gasteiger charge is -2.25. The van der Waals surface area contributed by atoms with Gasteiger partial charge in [0, 0.05) is 16.8 Å². The van der Waals surface area contributed by atoms with E-state index in [0.29, 0.717) is 34.2 Å². The highest BCUT2D eigenvalue weighted by molar-refractivity contribution is 6.10. The molecule has 7 nitrogen and oxygen atoms in total. The number of oxazole rings is 2. The van der Waals surface area contributed by atoms with Crippen molar-refractivity contribution in [2.45, 2.75) is 0 Å². The first-order valence-corrected chi connectivity index (χ1v) is 20.9. The van der Waals surface area contributed by atoms with Gasteiger partial charge in [0.15, 0.2) is 0 Å². The lowest BCUT2D eigenvalue weighted by Crippen LogP contribution is -2.10. The zero-order valence-corrected chi connectivity index (χ0v) is 33.6. The number of aromatic nitrogens is 4. The van der Waals surface area contributed by atoms with Gasteiger partial charge in [-0.1, -0.05) is 140 Å². The topological polar surface area (TPSA) is 81.1 Å². The summed E-state index contributed by atoms with van der Waals surface area (Å²) in [5.41, 5.74) is 8.92. The Morgan fingerprint density at radius 2 is 0.810 bits per heavy atom. The van der Waals surface area contributed by atoms with Crippen LogP contribution in [0.2, 0.25) is 0 Å². The third kappa shape index (κ3) is 5.90. The van der Waals surface area contributed by atoms with Crippen LogP contribution in [0, 0.1) is 0 Å². The molecule has 0 unspecified atom stereocenters. The highest BCUT2D eigenvalue weighted by atomic mass is 16.4. The first kappa shape index (κ1) is 35.1. The monoisotopic (exact) mass is 807 g/mol. The van der Waals surface area contributed by atoms with Gasteiger partial charge >= 0.3 is 0 Å². The van der Waals surface area contributed by atoms with Gasteiger partial charge < -0.3 is 13.7 Å². The van der Waals surface area contributed by atoms with Crippen LogP contribution in [-0.2, 0) is 0 Å². The van der Waals surface area contributed by atoms with Gasteiger partial charge in [-0.3, -0.25) is 0 Å². The first-order valence-electron chi connectivity index (χ1n) is 20.9. The van der Waals surface area contributed by atoms with E-state index in [9.17, 15) is 0 Å². The van der Waals surface area contributed by atoms with Crippen molar-refractivity contribution < 1.29 is 8.83 Å². The molecule has 4 aromatic heterocycles. The third-order valence-corrected chi connectivity index (χ3v) is 12.2. The van der Waals surface area contributed by atoms with Crippen LogP contribution in [0.4, 0.5) is 17.1 Å². The molecule has 4 heterocycles. The van der Waals surface area contributed by atoms with Crippen molar-refractivity contribution in [1.29, 1.82) is 0 Å². The Hall–Kier alpha value is -8.68. The van der Waals surface area contributed by atoms with E-state index >= 15 is 0 Å². The number of hydrogen-bond acceptors (Lipinski definition) is 7. The van der Waals surface area contributed by atoms with E-state index in [1.54, 1.807) is 0 Å². The van der Waals surface area contributed by atoms with Crippen molar-refractivity contribution in [3.63, 3.8) is 0 Å². The van der Waals surface area contributed by atoms with Gasteiger partial charge in [0.25, 0.3) is 0 Å². The number of hydrogen-bond donors (Lipinski definition) is 0. The molecule has 0 saturated carbocycles. The van der Waals surface area contributed by atoms with Gasteiger partial charge in [0.2, 0.25) is 23.2 Å². The molecule has 0 saturated heterocycles. The Morgan fingerprint density at radius 1 is 0.333 bits per heavy atom. The van der Waals surface area contributed by atoms with Crippen molar-refractivity contribution in [3.8, 4) is 34.0 Å². The molecule has 13 aromatic rings. The van der Waals surface area contributed by atoms with Crippen molar-refractivity contribution in [1.82, 2.24) is 19.9 Å². The molecule has 0 aliphatic rings. The van der Waals surface area contributed by atoms with Crippen LogP contribution in [0.3, 0.4) is 0 Å². The summed E-state index contributed by atoms with van der Waals surface area (Å²) >= 11 is 0. The highest BCUT2D eigenvalue weighted by Gasteiger charge is 2.21. The zero-order valence-electron chi connectivity index (χ0n) is 33.6. The first-order chi connectivity index (χ1) is 31.2. The van der Waals surface area contributed by atoms with Crippen molar-refractivity contribution in [2.24, 2.45) is 0 Å². The van der Waals surface area contributed by atoms with E-state index in [2.05, 4.69) is 132 Å². The summed E-state index contributed by atoms with van der Waals surface area (Å²) in [6, 6.07) is 65.8. The highest BCUT2D eigenvalue weighted by Crippen LogP contribution is 2.41. The van der Waals surface area contributed by atoms with E-state index in [4.69, 9.17) is 28.8 Å². The molecule has 0 spiro atoms. The van der Waals surface area contributed by atoms with Crippen LogP contribution in [-0.4, -0.2) is 19.9 Å². The molecule has 0 aliphatic carbocycles. The molecule has 0 atom stereocenters. The SMILES string of the molecule is c1ccc2cc(-c3ccc4c(ccc5cc(N(c6cnc7oc(-c8cccc9ccccc89)nc7c6)c6cnc7oc(-c8cccc9ccccc89)nc7c6)ccc54)c3)ccc2c1. The predicted molar refractivity (Wildman–Crippen MR) is 256 cm³/mol. The fourth-order valence-electron chi connectivity index (χ4n) is 9.12. The number of nitrogens with zero attached hydrogens (tertiary/aromatic N) is 5. The predicted octanol–water partition coefficient (Wildman–Crippen LogP) is 15.0. The van der Waals surface area contributed by atoms with E-state index in [1.807, 2.05) is 73.1 Å². The van der Waals surface area contributed by atoms with Crippen LogP contribution >= 0.6 is 0 Å². The molecule has 63 heavy (non-hydrogen) atoms. The maximum Gasteiger partial charge on any atom is 0.247 e. The van der Waals surface area contributed by atoms with Gasteiger partial charge in [-0.15, -0.1) is 0 Å². The van der Waals surface area contributed by atoms with Crippen molar-refractivity contribution >= 4 is 93.4 Å². The Morgan fingerprint density at radius 3 is 1.43 bits per heavy atom. The Labute approximate surface area is 360 Å². The van der Waals surface area contributed by atoms with Crippen molar-refractivity contribution in [3.05, 3.63) is 200 Å². The Kier molecular flexibility index (Phi) is 7.77. The summed E-state index contributed by atoms with van der Waals surface area (Å²) in [4.78, 5) is 21.8. The molecule has 0 radical (unpaired) electrons. The zero-order chi connectivity index (χ0) is 41.4. The molecular formula is C56H33N5O2. The second kappa shape index (κ2) is 13.9. The Balaban J connectivity index is 0.939. The van der Waals surface area contributed by atoms with Crippen LogP contribution in [0.5, 0.6) is 0 Å². The Bertz CT molecular complexity index is 3790. The van der Waals surface area contributed by atoms with Crippen LogP contribution < -0.4 is 4.90 Å². The molecule has 7 heteroatoms. The van der Waals surface area contributed by atoms with E-state index in [-0.39, 0.29) is 0 Å². The second-order valence-electron chi connectivity index (χ2n) is 15.9. The van der Waals surface area contributed by atoms with Crippen LogP contribution in [0.25, 0.3) is 110 Å². The number of benzene rings is 9. The number of anilines is 3. The molecule has 0 amide bonds. The second-order valence-corrected chi connectivity index (χ2v) is 15.9. The van der Waals surface area contributed by atoms with E-state index < -0.39 is 0 Å². The summed E-state index contributed by atoms with van der Waals surface area (Å²) in [5, 5.41) is 11.5. The van der Waals surface area contributed by atoms with Gasteiger partial charge in [-0.05, 0) is 114 Å². The number of rotatable bonds is 6. The summed E-state index contributed by atoms with van der Waals surface area (Å²) in [6.07, 6.45) is 3.65. The molecule has 13 rings (SSSR count). The largest absolute Gasteiger partial charge is 0.418 e. The summed E-state index contributed by atoms with van der Waals surface area (Å²) < 4.78 is 12.6. The van der Waals surface area contributed by atoms with Gasteiger partial charge in [0.05, 0.1) is 23.8 Å². The minimum atomic E-state index is 0.458. The quantitative estimate of drug-likeness (QED) is 0.155. The standard InChI is InChI=1S/C56H33N5O2/c1-2-12-37-27-38(20-19-34(37)9-1)39-23-25-47-40(28-39)21-22-41-29-42(24-26-48(41)47)61(43-30-51-55(57-32-43)62-53(59-51)49-17-7-13-35-10-3-5-15-45(35)49)44-31-52-56(58-33-44)63-54(60-52)50-18-8-14-36-11-4-6-16-46(36)50/h1-33H. The average Bonchev–Trinajstić information content (AvgIpc) is 3.97. The molecule has 9 aromatic carbocycles. The number of pyridine rings is 2. The van der Waals surface area contributed by atoms with Gasteiger partial charge in [-0.25, -0.2) is 19.9 Å². The van der Waals surface area contributed by atoms with Crippen LogP contribution in [0.15, 0.2) is 209 Å². The van der Waals surface area contributed by atoms with Crippen LogP contribution in [0.1, 0.15) is 0 Å². The summed E-state index contributed by atoms with van der Waals surface area (Å²) in [6.45, 7) is 0. The number of fused-ring (bicyclic) bond motifs is 8. The maximum atomic E-state index is 6.32. The van der Waals surface area contributed by atoms with E-state index in [1.165, 1.54) is 32.7 Å². The average molecular weight is 808 g/mol. The maximum absolute atomic E-state index is 6.32. The molecule has 294 valence electrons. The normalized spacial score (nSPS) is 11.8. The van der Waals surface area contributed by atoms with Gasteiger partial charge in [0.1, 0.15) is 11.0 Å². The molecule has 0 aliphatic heterocycles. The van der Waals surface area contributed by atoms with E-state index in [0.717, 1.165) is 60.5 Å². The lowest BCUT2D eigenvalue weighted by atomic mass is 9.96. The van der Waals surface area contributed by atoms with Crippen molar-refractivity contribution in [2.75, 3.05) is 4.90 Å². The van der Waals surface area contributed by atoms with Gasteiger partial charge in [-0.2, -0.15) is 0 Å². The molecular weight excluding hydrogens is 775 g/mol. The third-order valence-electron chi connectivity index (χ3n) is 12.2. The molecule has 0 bridgehead atoms. The minimum Gasteiger partial charge on any atom is -0.418 e.